The van der Waals surface area contributed by atoms with Crippen molar-refractivity contribution in [2.45, 2.75) is 11.4 Å². The van der Waals surface area contributed by atoms with Crippen molar-refractivity contribution in [3.05, 3.63) is 65.2 Å². The van der Waals surface area contributed by atoms with Crippen LogP contribution in [0.5, 0.6) is 0 Å². The first kappa shape index (κ1) is 16.0. The maximum Gasteiger partial charge on any atom is 0.179 e. The van der Waals surface area contributed by atoms with Crippen molar-refractivity contribution >= 4 is 21.4 Å². The van der Waals surface area contributed by atoms with E-state index in [-0.39, 0.29) is 5.75 Å². The Morgan fingerprint density at radius 3 is 2.43 bits per heavy atom. The minimum atomic E-state index is -3.22. The Hall–Kier alpha value is -1.36. The molecule has 0 saturated heterocycles. The second kappa shape index (κ2) is 7.07. The molecule has 0 atom stereocenters. The molecule has 0 heterocycles. The van der Waals surface area contributed by atoms with Crippen molar-refractivity contribution in [1.82, 2.24) is 4.90 Å². The molecule has 112 valence electrons. The Kier molecular flexibility index (Phi) is 5.39. The topological polar surface area (TPSA) is 37.4 Å². The molecule has 21 heavy (non-hydrogen) atoms. The molecule has 3 nitrogen and oxygen atoms in total. The molecule has 0 bridgehead atoms. The quantitative estimate of drug-likeness (QED) is 0.819. The van der Waals surface area contributed by atoms with E-state index in [0.29, 0.717) is 23.0 Å². The van der Waals surface area contributed by atoms with E-state index in [4.69, 9.17) is 11.6 Å². The van der Waals surface area contributed by atoms with Crippen molar-refractivity contribution < 1.29 is 8.42 Å². The normalized spacial score (nSPS) is 11.8. The Bertz CT molecular complexity index is 686. The van der Waals surface area contributed by atoms with Crippen LogP contribution in [0.25, 0.3) is 0 Å². The van der Waals surface area contributed by atoms with Crippen molar-refractivity contribution in [3.8, 4) is 0 Å². The zero-order chi connectivity index (χ0) is 15.3. The standard InChI is InChI=1S/C16H18ClNO2S/c1-18(13-14-6-5-7-15(17)12-14)10-11-21(19,20)16-8-3-2-4-9-16/h2-9,12H,10-11,13H2,1H3. The lowest BCUT2D eigenvalue weighted by Crippen LogP contribution is -2.25. The SMILES string of the molecule is CN(CCS(=O)(=O)c1ccccc1)Cc1cccc(Cl)c1. The van der Waals surface area contributed by atoms with Crippen LogP contribution in [0.2, 0.25) is 5.02 Å². The molecule has 0 aliphatic heterocycles. The summed E-state index contributed by atoms with van der Waals surface area (Å²) in [5, 5.41) is 0.692. The molecule has 5 heteroatoms. The van der Waals surface area contributed by atoms with Gasteiger partial charge in [-0.05, 0) is 36.9 Å². The van der Waals surface area contributed by atoms with Crippen LogP contribution in [0.4, 0.5) is 0 Å². The highest BCUT2D eigenvalue weighted by atomic mass is 35.5. The summed E-state index contributed by atoms with van der Waals surface area (Å²) in [6.07, 6.45) is 0. The summed E-state index contributed by atoms with van der Waals surface area (Å²) < 4.78 is 24.4. The Morgan fingerprint density at radius 1 is 1.05 bits per heavy atom. The summed E-state index contributed by atoms with van der Waals surface area (Å²) in [4.78, 5) is 2.35. The zero-order valence-electron chi connectivity index (χ0n) is 11.9. The maximum atomic E-state index is 12.2. The second-order valence-electron chi connectivity index (χ2n) is 5.00. The average Bonchev–Trinajstić information content (AvgIpc) is 2.46. The molecule has 0 fully saturated rings. The molecule has 0 aromatic heterocycles. The second-order valence-corrected chi connectivity index (χ2v) is 7.55. The lowest BCUT2D eigenvalue weighted by molar-refractivity contribution is 0.346. The Labute approximate surface area is 131 Å². The number of rotatable bonds is 6. The number of hydrogen-bond acceptors (Lipinski definition) is 3. The van der Waals surface area contributed by atoms with Crippen molar-refractivity contribution in [3.63, 3.8) is 0 Å². The van der Waals surface area contributed by atoms with E-state index in [1.165, 1.54) is 0 Å². The molecule has 0 saturated carbocycles. The minimum absolute atomic E-state index is 0.105. The fourth-order valence-corrected chi connectivity index (χ4v) is 3.62. The van der Waals surface area contributed by atoms with Gasteiger partial charge in [-0.3, -0.25) is 0 Å². The van der Waals surface area contributed by atoms with Gasteiger partial charge in [0, 0.05) is 18.1 Å². The smallest absolute Gasteiger partial charge is 0.179 e. The summed E-state index contributed by atoms with van der Waals surface area (Å²) in [7, 11) is -1.32. The van der Waals surface area contributed by atoms with Crippen LogP contribution in [0.3, 0.4) is 0 Å². The van der Waals surface area contributed by atoms with Crippen molar-refractivity contribution in [2.24, 2.45) is 0 Å². The Balaban J connectivity index is 1.93. The van der Waals surface area contributed by atoms with E-state index < -0.39 is 9.84 Å². The molecular weight excluding hydrogens is 306 g/mol. The van der Waals surface area contributed by atoms with Crippen LogP contribution in [0, 0.1) is 0 Å². The molecule has 0 amide bonds. The number of nitrogens with zero attached hydrogens (tertiary/aromatic N) is 1. The summed E-state index contributed by atoms with van der Waals surface area (Å²) in [6, 6.07) is 16.1. The summed E-state index contributed by atoms with van der Waals surface area (Å²) in [5.41, 5.74) is 1.07. The van der Waals surface area contributed by atoms with Gasteiger partial charge in [0.25, 0.3) is 0 Å². The van der Waals surface area contributed by atoms with E-state index in [0.717, 1.165) is 5.56 Å². The molecule has 0 aliphatic rings. The molecule has 0 unspecified atom stereocenters. The number of benzene rings is 2. The monoisotopic (exact) mass is 323 g/mol. The largest absolute Gasteiger partial charge is 0.301 e. The number of hydrogen-bond donors (Lipinski definition) is 0. The van der Waals surface area contributed by atoms with Crippen LogP contribution >= 0.6 is 11.6 Å². The molecule has 0 spiro atoms. The fraction of sp³-hybridized carbons (Fsp3) is 0.250. The van der Waals surface area contributed by atoms with Gasteiger partial charge >= 0.3 is 0 Å². The first-order chi connectivity index (χ1) is 9.97. The molecule has 0 radical (unpaired) electrons. The molecule has 2 rings (SSSR count). The predicted molar refractivity (Wildman–Crippen MR) is 86.3 cm³/mol. The zero-order valence-corrected chi connectivity index (χ0v) is 13.4. The van der Waals surface area contributed by atoms with Crippen LogP contribution in [0.15, 0.2) is 59.5 Å². The van der Waals surface area contributed by atoms with Gasteiger partial charge in [0.05, 0.1) is 10.6 Å². The third-order valence-electron chi connectivity index (χ3n) is 3.19. The Morgan fingerprint density at radius 2 is 1.76 bits per heavy atom. The van der Waals surface area contributed by atoms with Crippen molar-refractivity contribution in [1.29, 1.82) is 0 Å². The number of sulfone groups is 1. The van der Waals surface area contributed by atoms with E-state index >= 15 is 0 Å². The number of halogens is 1. The summed E-state index contributed by atoms with van der Waals surface area (Å²) in [6.45, 7) is 1.15. The highest BCUT2D eigenvalue weighted by molar-refractivity contribution is 7.91. The third kappa shape index (κ3) is 4.84. The lowest BCUT2D eigenvalue weighted by Gasteiger charge is -2.16. The highest BCUT2D eigenvalue weighted by Gasteiger charge is 2.14. The fourth-order valence-electron chi connectivity index (χ4n) is 2.05. The minimum Gasteiger partial charge on any atom is -0.301 e. The van der Waals surface area contributed by atoms with E-state index in [2.05, 4.69) is 0 Å². The van der Waals surface area contributed by atoms with Crippen molar-refractivity contribution in [2.75, 3.05) is 19.3 Å². The predicted octanol–water partition coefficient (Wildman–Crippen LogP) is 3.25. The van der Waals surface area contributed by atoms with Gasteiger partial charge in [0.1, 0.15) is 0 Å². The van der Waals surface area contributed by atoms with Gasteiger partial charge in [-0.2, -0.15) is 0 Å². The van der Waals surface area contributed by atoms with Gasteiger partial charge in [0.2, 0.25) is 0 Å². The molecular formula is C16H18ClNO2S. The molecule has 2 aromatic rings. The lowest BCUT2D eigenvalue weighted by atomic mass is 10.2. The van der Waals surface area contributed by atoms with Crippen LogP contribution in [-0.4, -0.2) is 32.7 Å². The summed E-state index contributed by atoms with van der Waals surface area (Å²) in [5.74, 6) is 0.105. The third-order valence-corrected chi connectivity index (χ3v) is 5.13. The first-order valence-corrected chi connectivity index (χ1v) is 8.71. The van der Waals surface area contributed by atoms with E-state index in [1.54, 1.807) is 24.3 Å². The highest BCUT2D eigenvalue weighted by Crippen LogP contribution is 2.13. The molecule has 0 N–H and O–H groups in total. The average molecular weight is 324 g/mol. The van der Waals surface area contributed by atoms with Crippen LogP contribution in [-0.2, 0) is 16.4 Å². The van der Waals surface area contributed by atoms with Crippen LogP contribution < -0.4 is 0 Å². The molecule has 2 aromatic carbocycles. The van der Waals surface area contributed by atoms with Gasteiger partial charge in [-0.15, -0.1) is 0 Å². The van der Waals surface area contributed by atoms with Gasteiger partial charge in [-0.25, -0.2) is 8.42 Å². The van der Waals surface area contributed by atoms with E-state index in [9.17, 15) is 8.42 Å². The van der Waals surface area contributed by atoms with E-state index in [1.807, 2.05) is 42.3 Å². The maximum absolute atomic E-state index is 12.2. The van der Waals surface area contributed by atoms with Crippen LogP contribution in [0.1, 0.15) is 5.56 Å². The van der Waals surface area contributed by atoms with Gasteiger partial charge in [-0.1, -0.05) is 41.9 Å². The molecule has 0 aliphatic carbocycles. The van der Waals surface area contributed by atoms with Gasteiger partial charge in [0.15, 0.2) is 9.84 Å². The summed E-state index contributed by atoms with van der Waals surface area (Å²) >= 11 is 5.94. The van der Waals surface area contributed by atoms with Gasteiger partial charge < -0.3 is 4.90 Å². The first-order valence-electron chi connectivity index (χ1n) is 6.68.